The van der Waals surface area contributed by atoms with Gasteiger partial charge in [0.05, 0.1) is 7.11 Å². The van der Waals surface area contributed by atoms with E-state index in [-0.39, 0.29) is 17.8 Å². The molecule has 0 bridgehead atoms. The summed E-state index contributed by atoms with van der Waals surface area (Å²) in [6.07, 6.45) is 3.08. The van der Waals surface area contributed by atoms with Crippen LogP contribution in [0.1, 0.15) is 30.4 Å². The van der Waals surface area contributed by atoms with Gasteiger partial charge < -0.3 is 10.1 Å². The third kappa shape index (κ3) is 3.43. The number of methoxy groups -OCH3 is 1. The van der Waals surface area contributed by atoms with Gasteiger partial charge >= 0.3 is 0 Å². The Bertz CT molecular complexity index is 700. The maximum Gasteiger partial charge on any atom is 0.246 e. The molecule has 0 aromatic heterocycles. The number of ether oxygens (including phenoxy) is 1. The van der Waals surface area contributed by atoms with Crippen LogP contribution in [0.25, 0.3) is 0 Å². The SMILES string of the molecule is COc1c(C)cc(C)cc1S(=O)(=O)N1CCC2(CCNCC2)C1.Cl. The van der Waals surface area contributed by atoms with Gasteiger partial charge in [-0.05, 0) is 68.8 Å². The number of hydrogen-bond donors (Lipinski definition) is 1. The molecule has 0 unspecified atom stereocenters. The molecule has 2 aliphatic rings. The maximum atomic E-state index is 13.2. The third-order valence-corrected chi connectivity index (χ3v) is 7.12. The zero-order valence-corrected chi connectivity index (χ0v) is 16.2. The van der Waals surface area contributed by atoms with Crippen LogP contribution in [0, 0.1) is 19.3 Å². The van der Waals surface area contributed by atoms with Gasteiger partial charge in [0, 0.05) is 13.1 Å². The highest BCUT2D eigenvalue weighted by Gasteiger charge is 2.44. The molecule has 3 rings (SSSR count). The van der Waals surface area contributed by atoms with Crippen LogP contribution in [0.4, 0.5) is 0 Å². The Hall–Kier alpha value is -0.820. The molecule has 2 aliphatic heterocycles. The van der Waals surface area contributed by atoms with E-state index in [1.165, 1.54) is 7.11 Å². The lowest BCUT2D eigenvalue weighted by Crippen LogP contribution is -2.39. The Labute approximate surface area is 151 Å². The topological polar surface area (TPSA) is 58.6 Å². The molecular formula is C17H27ClN2O3S. The molecule has 0 amide bonds. The number of nitrogens with one attached hydrogen (secondary N) is 1. The molecule has 0 aliphatic carbocycles. The Kier molecular flexibility index (Phi) is 5.85. The van der Waals surface area contributed by atoms with Gasteiger partial charge in [0.2, 0.25) is 10.0 Å². The van der Waals surface area contributed by atoms with Crippen LogP contribution in [-0.2, 0) is 10.0 Å². The summed E-state index contributed by atoms with van der Waals surface area (Å²) < 4.78 is 33.4. The fourth-order valence-corrected chi connectivity index (χ4v) is 5.84. The molecule has 1 aromatic carbocycles. The zero-order valence-electron chi connectivity index (χ0n) is 14.6. The first-order valence-corrected chi connectivity index (χ1v) is 9.68. The van der Waals surface area contributed by atoms with E-state index in [4.69, 9.17) is 4.74 Å². The Morgan fingerprint density at radius 2 is 1.83 bits per heavy atom. The number of hydrogen-bond acceptors (Lipinski definition) is 4. The molecule has 7 heteroatoms. The highest BCUT2D eigenvalue weighted by Crippen LogP contribution is 2.42. The standard InChI is InChI=1S/C17H26N2O3S.ClH/c1-13-10-14(2)16(22-3)15(11-13)23(20,21)19-9-6-17(12-19)4-7-18-8-5-17;/h10-11,18H,4-9,12H2,1-3H3;1H. The van der Waals surface area contributed by atoms with Crippen molar-refractivity contribution in [2.75, 3.05) is 33.3 Å². The molecule has 0 atom stereocenters. The minimum Gasteiger partial charge on any atom is -0.495 e. The van der Waals surface area contributed by atoms with Crippen molar-refractivity contribution in [3.63, 3.8) is 0 Å². The summed E-state index contributed by atoms with van der Waals surface area (Å²) in [6.45, 7) is 7.03. The second-order valence-corrected chi connectivity index (χ2v) is 8.86. The maximum absolute atomic E-state index is 13.2. The fourth-order valence-electron chi connectivity index (χ4n) is 3.97. The first-order valence-electron chi connectivity index (χ1n) is 8.24. The van der Waals surface area contributed by atoms with Crippen molar-refractivity contribution >= 4 is 22.4 Å². The summed E-state index contributed by atoms with van der Waals surface area (Å²) in [5.74, 6) is 0.474. The van der Waals surface area contributed by atoms with Crippen molar-refractivity contribution in [2.45, 2.75) is 38.0 Å². The summed E-state index contributed by atoms with van der Waals surface area (Å²) in [7, 11) is -1.98. The molecule has 5 nitrogen and oxygen atoms in total. The lowest BCUT2D eigenvalue weighted by Gasteiger charge is -2.33. The van der Waals surface area contributed by atoms with Crippen LogP contribution in [0.2, 0.25) is 0 Å². The summed E-state index contributed by atoms with van der Waals surface area (Å²) >= 11 is 0. The minimum atomic E-state index is -3.51. The van der Waals surface area contributed by atoms with Gasteiger partial charge in [-0.1, -0.05) is 6.07 Å². The summed E-state index contributed by atoms with van der Waals surface area (Å²) in [5.41, 5.74) is 1.96. The Morgan fingerprint density at radius 3 is 2.46 bits per heavy atom. The number of piperidine rings is 1. The van der Waals surface area contributed by atoms with E-state index in [1.54, 1.807) is 10.4 Å². The zero-order chi connectivity index (χ0) is 16.7. The van der Waals surface area contributed by atoms with Crippen molar-refractivity contribution in [2.24, 2.45) is 5.41 Å². The van der Waals surface area contributed by atoms with Crippen molar-refractivity contribution in [3.05, 3.63) is 23.3 Å². The summed E-state index contributed by atoms with van der Waals surface area (Å²) in [6, 6.07) is 3.69. The van der Waals surface area contributed by atoms with Gasteiger partial charge in [0.1, 0.15) is 10.6 Å². The molecule has 0 radical (unpaired) electrons. The van der Waals surface area contributed by atoms with Crippen molar-refractivity contribution < 1.29 is 13.2 Å². The van der Waals surface area contributed by atoms with Crippen LogP contribution in [0.15, 0.2) is 17.0 Å². The number of rotatable bonds is 3. The molecule has 2 heterocycles. The number of halogens is 1. The molecule has 24 heavy (non-hydrogen) atoms. The van der Waals surface area contributed by atoms with Crippen molar-refractivity contribution in [1.29, 1.82) is 0 Å². The monoisotopic (exact) mass is 374 g/mol. The van der Waals surface area contributed by atoms with Crippen LogP contribution in [0.5, 0.6) is 5.75 Å². The summed E-state index contributed by atoms with van der Waals surface area (Å²) in [4.78, 5) is 0.309. The molecule has 0 saturated carbocycles. The third-order valence-electron chi connectivity index (χ3n) is 5.27. The van der Waals surface area contributed by atoms with E-state index in [9.17, 15) is 8.42 Å². The van der Waals surface area contributed by atoms with Gasteiger partial charge in [-0.25, -0.2) is 8.42 Å². The van der Waals surface area contributed by atoms with Gasteiger partial charge in [0.25, 0.3) is 0 Å². The van der Waals surface area contributed by atoms with Crippen LogP contribution in [-0.4, -0.2) is 46.0 Å². The number of sulfonamides is 1. The smallest absolute Gasteiger partial charge is 0.246 e. The lowest BCUT2D eigenvalue weighted by atomic mass is 9.78. The molecule has 2 fully saturated rings. The number of aryl methyl sites for hydroxylation is 2. The highest BCUT2D eigenvalue weighted by atomic mass is 35.5. The fraction of sp³-hybridized carbons (Fsp3) is 0.647. The Morgan fingerprint density at radius 1 is 1.17 bits per heavy atom. The predicted octanol–water partition coefficient (Wildman–Crippen LogP) is 2.50. The molecular weight excluding hydrogens is 348 g/mol. The van der Waals surface area contributed by atoms with Crippen LogP contribution in [0.3, 0.4) is 0 Å². The molecule has 2 saturated heterocycles. The second kappa shape index (κ2) is 7.20. The normalized spacial score (nSPS) is 20.8. The Balaban J connectivity index is 0.00000208. The predicted molar refractivity (Wildman–Crippen MR) is 97.6 cm³/mol. The average molecular weight is 375 g/mol. The highest BCUT2D eigenvalue weighted by molar-refractivity contribution is 7.89. The number of nitrogens with zero attached hydrogens (tertiary/aromatic N) is 1. The van der Waals surface area contributed by atoms with Gasteiger partial charge in [-0.15, -0.1) is 12.4 Å². The van der Waals surface area contributed by atoms with Crippen LogP contribution >= 0.6 is 12.4 Å². The lowest BCUT2D eigenvalue weighted by molar-refractivity contribution is 0.218. The van der Waals surface area contributed by atoms with Crippen molar-refractivity contribution in [1.82, 2.24) is 9.62 Å². The van der Waals surface area contributed by atoms with E-state index >= 15 is 0 Å². The first-order chi connectivity index (χ1) is 10.9. The summed E-state index contributed by atoms with van der Waals surface area (Å²) in [5, 5.41) is 3.37. The molecule has 136 valence electrons. The van der Waals surface area contributed by atoms with E-state index in [1.807, 2.05) is 19.9 Å². The minimum absolute atomic E-state index is 0. The number of benzene rings is 1. The second-order valence-electron chi connectivity index (χ2n) is 6.95. The largest absolute Gasteiger partial charge is 0.495 e. The first kappa shape index (κ1) is 19.5. The van der Waals surface area contributed by atoms with Crippen LogP contribution < -0.4 is 10.1 Å². The van der Waals surface area contributed by atoms with E-state index in [0.29, 0.717) is 23.7 Å². The van der Waals surface area contributed by atoms with E-state index in [0.717, 1.165) is 43.5 Å². The molecule has 1 aromatic rings. The van der Waals surface area contributed by atoms with Gasteiger partial charge in [-0.2, -0.15) is 4.31 Å². The van der Waals surface area contributed by atoms with E-state index in [2.05, 4.69) is 5.32 Å². The van der Waals surface area contributed by atoms with Gasteiger partial charge in [0.15, 0.2) is 0 Å². The quantitative estimate of drug-likeness (QED) is 0.883. The van der Waals surface area contributed by atoms with Gasteiger partial charge in [-0.3, -0.25) is 0 Å². The average Bonchev–Trinajstić information content (AvgIpc) is 2.91. The van der Waals surface area contributed by atoms with Crippen molar-refractivity contribution in [3.8, 4) is 5.75 Å². The van der Waals surface area contributed by atoms with E-state index < -0.39 is 10.0 Å². The molecule has 1 spiro atoms. The molecule has 1 N–H and O–H groups in total.